The summed E-state index contributed by atoms with van der Waals surface area (Å²) in [6.45, 7) is 0.117. The fraction of sp³-hybridized carbons (Fsp3) is 0.294. The molecule has 0 N–H and O–H groups in total. The number of rotatable bonds is 7. The molecule has 4 nitrogen and oxygen atoms in total. The van der Waals surface area contributed by atoms with Gasteiger partial charge in [0, 0.05) is 19.6 Å². The van der Waals surface area contributed by atoms with E-state index < -0.39 is 38.2 Å². The molecule has 0 radical (unpaired) electrons. The first kappa shape index (κ1) is 20.3. The van der Waals surface area contributed by atoms with Crippen LogP contribution in [0.15, 0.2) is 41.3 Å². The van der Waals surface area contributed by atoms with Crippen LogP contribution in [0.3, 0.4) is 0 Å². The van der Waals surface area contributed by atoms with Gasteiger partial charge >= 0.3 is 0 Å². The van der Waals surface area contributed by atoms with Gasteiger partial charge in [0.2, 0.25) is 10.0 Å². The Morgan fingerprint density at radius 1 is 0.808 bits per heavy atom. The van der Waals surface area contributed by atoms with Gasteiger partial charge in [0.05, 0.1) is 4.90 Å². The van der Waals surface area contributed by atoms with Gasteiger partial charge in [0.15, 0.2) is 23.3 Å². The predicted molar refractivity (Wildman–Crippen MR) is 88.9 cm³/mol. The molecule has 0 unspecified atom stereocenters. The van der Waals surface area contributed by atoms with E-state index in [1.807, 2.05) is 0 Å². The van der Waals surface area contributed by atoms with Gasteiger partial charge in [0.1, 0.15) is 0 Å². The lowest BCUT2D eigenvalue weighted by molar-refractivity contribution is 0.328. The molecule has 2 aromatic rings. The van der Waals surface area contributed by atoms with Crippen molar-refractivity contribution >= 4 is 10.0 Å². The molecule has 0 aliphatic heterocycles. The van der Waals surface area contributed by atoms with Crippen LogP contribution >= 0.6 is 0 Å². The predicted octanol–water partition coefficient (Wildman–Crippen LogP) is 3.00. The van der Waals surface area contributed by atoms with E-state index in [9.17, 15) is 26.0 Å². The minimum absolute atomic E-state index is 0.0212. The van der Waals surface area contributed by atoms with Crippen LogP contribution in [-0.2, 0) is 16.6 Å². The molecule has 0 amide bonds. The van der Waals surface area contributed by atoms with Gasteiger partial charge in [-0.05, 0) is 50.0 Å². The van der Waals surface area contributed by atoms with Crippen LogP contribution in [0, 0.1) is 23.3 Å². The highest BCUT2D eigenvalue weighted by Crippen LogP contribution is 2.21. The molecule has 142 valence electrons. The maximum absolute atomic E-state index is 13.5. The van der Waals surface area contributed by atoms with E-state index in [4.69, 9.17) is 0 Å². The lowest BCUT2D eigenvalue weighted by atomic mass is 10.2. The zero-order valence-electron chi connectivity index (χ0n) is 14.2. The van der Waals surface area contributed by atoms with E-state index in [-0.39, 0.29) is 18.7 Å². The van der Waals surface area contributed by atoms with Crippen molar-refractivity contribution in [2.45, 2.75) is 11.4 Å². The normalized spacial score (nSPS) is 12.2. The van der Waals surface area contributed by atoms with Crippen LogP contribution in [0.1, 0.15) is 5.56 Å². The molecule has 2 aromatic carbocycles. The first-order valence-electron chi connectivity index (χ1n) is 7.65. The van der Waals surface area contributed by atoms with Crippen molar-refractivity contribution in [2.75, 3.05) is 27.2 Å². The molecular formula is C17H18F4N2O2S. The molecule has 0 heterocycles. The van der Waals surface area contributed by atoms with E-state index in [0.29, 0.717) is 12.6 Å². The number of likely N-dealkylation sites (N-methyl/N-ethyl adjacent to an activating group) is 1. The summed E-state index contributed by atoms with van der Waals surface area (Å²) in [5.41, 5.74) is 0.230. The fourth-order valence-corrected chi connectivity index (χ4v) is 3.66. The average molecular weight is 390 g/mol. The third-order valence-electron chi connectivity index (χ3n) is 3.67. The number of sulfonamides is 1. The summed E-state index contributed by atoms with van der Waals surface area (Å²) in [7, 11) is -0.701. The molecule has 2 rings (SSSR count). The zero-order valence-corrected chi connectivity index (χ0v) is 15.0. The molecule has 0 bridgehead atoms. The molecule has 0 aliphatic carbocycles. The zero-order chi connectivity index (χ0) is 19.5. The van der Waals surface area contributed by atoms with Crippen molar-refractivity contribution < 1.29 is 26.0 Å². The van der Waals surface area contributed by atoms with Crippen molar-refractivity contribution in [1.29, 1.82) is 0 Å². The SMILES string of the molecule is CN(C)CCN(Cc1ccc(F)c(F)c1)S(=O)(=O)c1ccc(F)c(F)c1. The van der Waals surface area contributed by atoms with E-state index in [0.717, 1.165) is 28.6 Å². The van der Waals surface area contributed by atoms with E-state index in [1.54, 1.807) is 19.0 Å². The summed E-state index contributed by atoms with van der Waals surface area (Å²) in [6, 6.07) is 5.35. The lowest BCUT2D eigenvalue weighted by Gasteiger charge is -2.24. The maximum atomic E-state index is 13.5. The summed E-state index contributed by atoms with van der Waals surface area (Å²) in [6.07, 6.45) is 0. The second-order valence-corrected chi connectivity index (χ2v) is 7.90. The van der Waals surface area contributed by atoms with E-state index in [1.165, 1.54) is 6.07 Å². The van der Waals surface area contributed by atoms with Gasteiger partial charge in [-0.1, -0.05) is 6.07 Å². The van der Waals surface area contributed by atoms with Crippen molar-refractivity contribution in [3.8, 4) is 0 Å². The Morgan fingerprint density at radius 3 is 1.92 bits per heavy atom. The topological polar surface area (TPSA) is 40.6 Å². The van der Waals surface area contributed by atoms with Crippen molar-refractivity contribution in [3.05, 3.63) is 65.2 Å². The van der Waals surface area contributed by atoms with Crippen LogP contribution in [0.2, 0.25) is 0 Å². The molecule has 9 heteroatoms. The Hall–Kier alpha value is -1.97. The number of hydrogen-bond donors (Lipinski definition) is 0. The van der Waals surface area contributed by atoms with Gasteiger partial charge in [-0.2, -0.15) is 4.31 Å². The van der Waals surface area contributed by atoms with Gasteiger partial charge in [0.25, 0.3) is 0 Å². The highest BCUT2D eigenvalue weighted by Gasteiger charge is 2.26. The number of benzene rings is 2. The second-order valence-electron chi connectivity index (χ2n) is 5.97. The van der Waals surface area contributed by atoms with Crippen molar-refractivity contribution in [1.82, 2.24) is 9.21 Å². The summed E-state index contributed by atoms with van der Waals surface area (Å²) in [4.78, 5) is 1.32. The Labute approximate surface area is 149 Å². The minimum Gasteiger partial charge on any atom is -0.308 e. The average Bonchev–Trinajstić information content (AvgIpc) is 2.56. The Morgan fingerprint density at radius 2 is 1.38 bits per heavy atom. The third-order valence-corrected chi connectivity index (χ3v) is 5.51. The summed E-state index contributed by atoms with van der Waals surface area (Å²) in [5.74, 6) is -4.59. The smallest absolute Gasteiger partial charge is 0.243 e. The van der Waals surface area contributed by atoms with Gasteiger partial charge in [-0.25, -0.2) is 26.0 Å². The van der Waals surface area contributed by atoms with Crippen molar-refractivity contribution in [3.63, 3.8) is 0 Å². The Balaban J connectivity index is 2.38. The van der Waals surface area contributed by atoms with Crippen LogP contribution in [0.5, 0.6) is 0 Å². The second kappa shape index (κ2) is 8.15. The minimum atomic E-state index is -4.17. The van der Waals surface area contributed by atoms with Crippen LogP contribution in [-0.4, -0.2) is 44.8 Å². The van der Waals surface area contributed by atoms with Gasteiger partial charge in [-0.15, -0.1) is 0 Å². The summed E-state index contributed by atoms with van der Waals surface area (Å²) < 4.78 is 79.7. The van der Waals surface area contributed by atoms with E-state index in [2.05, 4.69) is 0 Å². The Bertz CT molecular complexity index is 888. The Kier molecular flexibility index (Phi) is 6.38. The largest absolute Gasteiger partial charge is 0.308 e. The lowest BCUT2D eigenvalue weighted by Crippen LogP contribution is -2.36. The molecule has 26 heavy (non-hydrogen) atoms. The first-order chi connectivity index (χ1) is 12.1. The molecule has 0 saturated carbocycles. The summed E-state index contributed by atoms with van der Waals surface area (Å²) >= 11 is 0. The molecule has 0 fully saturated rings. The quantitative estimate of drug-likeness (QED) is 0.683. The van der Waals surface area contributed by atoms with Gasteiger partial charge in [-0.3, -0.25) is 0 Å². The molecular weight excluding hydrogens is 372 g/mol. The summed E-state index contributed by atoms with van der Waals surface area (Å²) in [5, 5.41) is 0. The maximum Gasteiger partial charge on any atom is 0.243 e. The standard InChI is InChI=1S/C17H18F4N2O2S/c1-22(2)7-8-23(11-12-3-5-14(18)16(20)9-12)26(24,25)13-4-6-15(19)17(21)10-13/h3-6,9-10H,7-8,11H2,1-2H3. The highest BCUT2D eigenvalue weighted by atomic mass is 32.2. The molecule has 0 aliphatic rings. The van der Waals surface area contributed by atoms with Crippen LogP contribution in [0.25, 0.3) is 0 Å². The molecule has 0 saturated heterocycles. The number of hydrogen-bond acceptors (Lipinski definition) is 3. The molecule has 0 atom stereocenters. The first-order valence-corrected chi connectivity index (χ1v) is 9.09. The molecule has 0 spiro atoms. The monoisotopic (exact) mass is 390 g/mol. The third kappa shape index (κ3) is 4.80. The van der Waals surface area contributed by atoms with Crippen molar-refractivity contribution in [2.24, 2.45) is 0 Å². The molecule has 0 aromatic heterocycles. The van der Waals surface area contributed by atoms with Crippen LogP contribution in [0.4, 0.5) is 17.6 Å². The highest BCUT2D eigenvalue weighted by molar-refractivity contribution is 7.89. The number of nitrogens with zero attached hydrogens (tertiary/aromatic N) is 2. The fourth-order valence-electron chi connectivity index (χ4n) is 2.22. The van der Waals surface area contributed by atoms with Gasteiger partial charge < -0.3 is 4.90 Å². The van der Waals surface area contributed by atoms with Crippen LogP contribution < -0.4 is 0 Å². The number of halogens is 4. The van der Waals surface area contributed by atoms with E-state index >= 15 is 0 Å².